The van der Waals surface area contributed by atoms with Gasteiger partial charge in [0.05, 0.1) is 0 Å². The largest absolute Gasteiger partial charge is 0.741 e. The molecule has 9 heteroatoms. The molecule has 4 nitrogen and oxygen atoms in total. The summed E-state index contributed by atoms with van der Waals surface area (Å²) in [6, 6.07) is 18.1. The van der Waals surface area contributed by atoms with E-state index < -0.39 is 15.6 Å². The fourth-order valence-electron chi connectivity index (χ4n) is 2.03. The van der Waals surface area contributed by atoms with Gasteiger partial charge in [0, 0.05) is 5.56 Å². The highest BCUT2D eigenvalue weighted by atomic mass is 32.2. The zero-order valence-corrected chi connectivity index (χ0v) is 14.8. The van der Waals surface area contributed by atoms with E-state index in [9.17, 15) is 18.0 Å². The van der Waals surface area contributed by atoms with Crippen molar-refractivity contribution in [1.82, 2.24) is 0 Å². The lowest BCUT2D eigenvalue weighted by Gasteiger charge is -2.08. The lowest BCUT2D eigenvalue weighted by Crippen LogP contribution is -2.21. The number of Topliss-reactive ketones (excluding diaryl/α,β-unsaturated/α-hetero) is 1. The van der Waals surface area contributed by atoms with Gasteiger partial charge in [-0.25, -0.2) is 8.42 Å². The molecule has 1 heterocycles. The van der Waals surface area contributed by atoms with Crippen molar-refractivity contribution in [3.8, 4) is 0 Å². The Balaban J connectivity index is 0.000000260. The number of rotatable bonds is 3. The Morgan fingerprint density at radius 2 is 1.50 bits per heavy atom. The van der Waals surface area contributed by atoms with Gasteiger partial charge in [-0.1, -0.05) is 36.4 Å². The van der Waals surface area contributed by atoms with Crippen molar-refractivity contribution in [2.75, 3.05) is 0 Å². The molecular formula is C17H13F3O4S2. The monoisotopic (exact) mass is 402 g/mol. The lowest BCUT2D eigenvalue weighted by atomic mass is 10.1. The highest BCUT2D eigenvalue weighted by Crippen LogP contribution is 2.22. The van der Waals surface area contributed by atoms with E-state index >= 15 is 0 Å². The van der Waals surface area contributed by atoms with Gasteiger partial charge in [-0.3, -0.25) is 4.79 Å². The number of alkyl halides is 3. The standard InChI is InChI=1S/C16H13OS.CHF3O3S/c17-16(12-18-9-3-4-10-18)15-8-7-13-5-1-2-6-14(13)11-15;2-1(3,4)8(5,6)7/h1-11H,12H2;(H,5,6,7)/q+1;/p-1. The topological polar surface area (TPSA) is 74.3 Å². The van der Waals surface area contributed by atoms with Crippen molar-refractivity contribution >= 4 is 37.1 Å². The number of benzene rings is 2. The molecule has 0 fully saturated rings. The molecule has 0 aliphatic heterocycles. The normalized spacial score (nSPS) is 11.7. The fraction of sp³-hybridized carbons (Fsp3) is 0.118. The predicted octanol–water partition coefficient (Wildman–Crippen LogP) is 4.52. The van der Waals surface area contributed by atoms with E-state index in [-0.39, 0.29) is 16.3 Å². The number of ketones is 1. The third-order valence-electron chi connectivity index (χ3n) is 3.27. The van der Waals surface area contributed by atoms with E-state index in [1.54, 1.807) is 0 Å². The summed E-state index contributed by atoms with van der Waals surface area (Å²) in [5, 5.41) is 6.50. The number of hydrogen-bond donors (Lipinski definition) is 0. The molecule has 0 saturated carbocycles. The van der Waals surface area contributed by atoms with Crippen LogP contribution in [0.2, 0.25) is 0 Å². The first-order chi connectivity index (χ1) is 12.1. The molecule has 0 atom stereocenters. The molecule has 0 amide bonds. The van der Waals surface area contributed by atoms with Crippen molar-refractivity contribution in [2.24, 2.45) is 0 Å². The minimum Gasteiger partial charge on any atom is -0.741 e. The van der Waals surface area contributed by atoms with Crippen LogP contribution in [0.3, 0.4) is 0 Å². The van der Waals surface area contributed by atoms with Crippen LogP contribution in [0.15, 0.2) is 65.4 Å². The van der Waals surface area contributed by atoms with E-state index in [1.807, 2.05) is 48.5 Å². The van der Waals surface area contributed by atoms with Gasteiger partial charge in [0.2, 0.25) is 5.78 Å². The van der Waals surface area contributed by atoms with Crippen LogP contribution in [0.5, 0.6) is 0 Å². The molecular weight excluding hydrogens is 389 g/mol. The molecule has 0 radical (unpaired) electrons. The zero-order chi connectivity index (χ0) is 19.4. The van der Waals surface area contributed by atoms with Crippen LogP contribution in [0.25, 0.3) is 10.8 Å². The molecule has 0 unspecified atom stereocenters. The summed E-state index contributed by atoms with van der Waals surface area (Å²) in [4.78, 5) is 12.2. The minimum absolute atomic E-state index is 0.00225. The first-order valence-corrected chi connectivity index (χ1v) is 10.1. The van der Waals surface area contributed by atoms with Gasteiger partial charge < -0.3 is 4.55 Å². The molecule has 0 spiro atoms. The van der Waals surface area contributed by atoms with Crippen LogP contribution in [-0.4, -0.2) is 24.3 Å². The van der Waals surface area contributed by atoms with Crippen molar-refractivity contribution in [3.63, 3.8) is 0 Å². The highest BCUT2D eigenvalue weighted by Gasteiger charge is 2.36. The average molecular weight is 402 g/mol. The molecule has 3 rings (SSSR count). The van der Waals surface area contributed by atoms with Gasteiger partial charge in [0.15, 0.2) is 15.9 Å². The Morgan fingerprint density at radius 3 is 2.04 bits per heavy atom. The summed E-state index contributed by atoms with van der Waals surface area (Å²) < 4.78 is 58.9. The smallest absolute Gasteiger partial charge is 0.485 e. The van der Waals surface area contributed by atoms with Crippen molar-refractivity contribution in [1.29, 1.82) is 0 Å². The molecule has 0 saturated heterocycles. The van der Waals surface area contributed by atoms with Crippen LogP contribution in [0, 0.1) is 0 Å². The maximum atomic E-state index is 12.2. The summed E-state index contributed by atoms with van der Waals surface area (Å²) in [5.41, 5.74) is -4.83. The second kappa shape index (κ2) is 7.98. The number of thiophene rings is 1. The summed E-state index contributed by atoms with van der Waals surface area (Å²) in [7, 11) is -6.09. The average Bonchev–Trinajstić information content (AvgIpc) is 3.06. The Labute approximate surface area is 150 Å². The van der Waals surface area contributed by atoms with Gasteiger partial charge in [-0.15, -0.1) is 0 Å². The first kappa shape index (κ1) is 20.1. The van der Waals surface area contributed by atoms with Crippen LogP contribution in [0.1, 0.15) is 10.4 Å². The molecule has 0 aliphatic carbocycles. The van der Waals surface area contributed by atoms with Crippen LogP contribution < -0.4 is 0 Å². The molecule has 0 aliphatic rings. The summed E-state index contributed by atoms with van der Waals surface area (Å²) in [5.74, 6) is 0.811. The molecule has 1 aromatic heterocycles. The SMILES string of the molecule is O=C(C[s+]1cccc1)c1ccc2ccccc2c1.O=S(=O)([O-])C(F)(F)F. The van der Waals surface area contributed by atoms with Crippen molar-refractivity contribution in [3.05, 3.63) is 70.9 Å². The van der Waals surface area contributed by atoms with E-state index in [2.05, 4.69) is 16.8 Å². The molecule has 138 valence electrons. The Morgan fingerprint density at radius 1 is 0.962 bits per heavy atom. The molecule has 3 aromatic rings. The van der Waals surface area contributed by atoms with Crippen LogP contribution >= 0.6 is 10.5 Å². The molecule has 2 aromatic carbocycles. The number of carbonyl (C=O) groups excluding carboxylic acids is 1. The number of hydrogen-bond acceptors (Lipinski definition) is 4. The van der Waals surface area contributed by atoms with Gasteiger partial charge in [0.25, 0.3) is 0 Å². The molecule has 0 bridgehead atoms. The van der Waals surface area contributed by atoms with Gasteiger partial charge in [-0.2, -0.15) is 13.2 Å². The number of fused-ring (bicyclic) bond motifs is 1. The highest BCUT2D eigenvalue weighted by molar-refractivity contribution is 7.86. The second-order valence-corrected chi connectivity index (χ2v) is 8.30. The Hall–Kier alpha value is -2.23. The predicted molar refractivity (Wildman–Crippen MR) is 93.0 cm³/mol. The summed E-state index contributed by atoms with van der Waals surface area (Å²) >= 11 is 0. The van der Waals surface area contributed by atoms with E-state index in [4.69, 9.17) is 13.0 Å². The zero-order valence-electron chi connectivity index (χ0n) is 13.1. The second-order valence-electron chi connectivity index (χ2n) is 5.16. The third-order valence-corrected chi connectivity index (χ3v) is 5.45. The van der Waals surface area contributed by atoms with E-state index in [0.29, 0.717) is 5.75 Å². The maximum absolute atomic E-state index is 12.2. The first-order valence-electron chi connectivity index (χ1n) is 7.15. The Kier molecular flexibility index (Phi) is 6.17. The summed E-state index contributed by atoms with van der Waals surface area (Å²) in [6.07, 6.45) is 0. The quantitative estimate of drug-likeness (QED) is 0.279. The van der Waals surface area contributed by atoms with E-state index in [1.165, 1.54) is 5.39 Å². The van der Waals surface area contributed by atoms with Crippen LogP contribution in [0.4, 0.5) is 13.2 Å². The number of carbonyl (C=O) groups is 1. The van der Waals surface area contributed by atoms with Crippen molar-refractivity contribution in [2.45, 2.75) is 11.3 Å². The van der Waals surface area contributed by atoms with Crippen LogP contribution in [-0.2, 0) is 15.9 Å². The van der Waals surface area contributed by atoms with Gasteiger partial charge >= 0.3 is 5.51 Å². The number of halogens is 3. The Bertz CT molecular complexity index is 994. The summed E-state index contributed by atoms with van der Waals surface area (Å²) in [6.45, 7) is 0. The third kappa shape index (κ3) is 5.38. The van der Waals surface area contributed by atoms with E-state index in [0.717, 1.165) is 10.9 Å². The lowest BCUT2D eigenvalue weighted by molar-refractivity contribution is -0.0517. The minimum atomic E-state index is -6.09. The maximum Gasteiger partial charge on any atom is 0.485 e. The van der Waals surface area contributed by atoms with Crippen molar-refractivity contribution < 1.29 is 30.9 Å². The molecule has 26 heavy (non-hydrogen) atoms. The fourth-order valence-corrected chi connectivity index (χ4v) is 3.37. The van der Waals surface area contributed by atoms with Gasteiger partial charge in [0.1, 0.15) is 10.8 Å². The molecule has 0 N–H and O–H groups in total. The van der Waals surface area contributed by atoms with Gasteiger partial charge in [-0.05, 0) is 39.4 Å².